The number of carbonyl (C=O) groups is 1. The second-order valence-electron chi connectivity index (χ2n) is 9.03. The standard InChI is InChI=1S/C24H30N6O2/c1-16-6-7-17(2)20(13-16)28-9-11-29(12-10-28)24(31)19-5-4-8-30(14-19)22-21-18(3)27-32-23(21)26-15-25-22/h6-7,13,15,19H,4-5,8-12,14H2,1-3H3/t19-/m1/s1. The molecule has 0 spiro atoms. The van der Waals surface area contributed by atoms with Gasteiger partial charge in [0.05, 0.1) is 11.6 Å². The third-order valence-corrected chi connectivity index (χ3v) is 6.79. The van der Waals surface area contributed by atoms with Crippen molar-refractivity contribution in [2.75, 3.05) is 49.1 Å². The summed E-state index contributed by atoms with van der Waals surface area (Å²) in [6.45, 7) is 11.0. The fraction of sp³-hybridized carbons (Fsp3) is 0.500. The van der Waals surface area contributed by atoms with Gasteiger partial charge in [0, 0.05) is 45.0 Å². The molecule has 1 atom stereocenters. The molecule has 0 N–H and O–H groups in total. The number of nitrogens with zero attached hydrogens (tertiary/aromatic N) is 6. The molecule has 0 saturated carbocycles. The third-order valence-electron chi connectivity index (χ3n) is 6.79. The lowest BCUT2D eigenvalue weighted by molar-refractivity contribution is -0.136. The van der Waals surface area contributed by atoms with E-state index in [0.717, 1.165) is 62.5 Å². The predicted molar refractivity (Wildman–Crippen MR) is 124 cm³/mol. The molecule has 0 bridgehead atoms. The predicted octanol–water partition coefficient (Wildman–Crippen LogP) is 3.11. The van der Waals surface area contributed by atoms with E-state index in [9.17, 15) is 4.79 Å². The highest BCUT2D eigenvalue weighted by molar-refractivity contribution is 5.88. The minimum atomic E-state index is -0.0128. The molecule has 0 unspecified atom stereocenters. The van der Waals surface area contributed by atoms with Gasteiger partial charge in [-0.3, -0.25) is 4.79 Å². The molecule has 2 fully saturated rings. The summed E-state index contributed by atoms with van der Waals surface area (Å²) in [5.41, 5.74) is 5.14. The zero-order valence-electron chi connectivity index (χ0n) is 19.0. The molecule has 2 aliphatic heterocycles. The highest BCUT2D eigenvalue weighted by atomic mass is 16.5. The van der Waals surface area contributed by atoms with Gasteiger partial charge in [0.15, 0.2) is 0 Å². The van der Waals surface area contributed by atoms with Crippen molar-refractivity contribution in [2.45, 2.75) is 33.6 Å². The number of benzene rings is 1. The molecule has 168 valence electrons. The van der Waals surface area contributed by atoms with Crippen molar-refractivity contribution in [3.63, 3.8) is 0 Å². The quantitative estimate of drug-likeness (QED) is 0.627. The molecule has 0 radical (unpaired) electrons. The molecule has 0 aliphatic carbocycles. The molecule has 1 aromatic carbocycles. The maximum Gasteiger partial charge on any atom is 0.263 e. The van der Waals surface area contributed by atoms with E-state index >= 15 is 0 Å². The highest BCUT2D eigenvalue weighted by Gasteiger charge is 2.32. The van der Waals surface area contributed by atoms with Crippen LogP contribution in [0.3, 0.4) is 0 Å². The van der Waals surface area contributed by atoms with Crippen LogP contribution < -0.4 is 9.80 Å². The van der Waals surface area contributed by atoms with E-state index in [4.69, 9.17) is 4.52 Å². The summed E-state index contributed by atoms with van der Waals surface area (Å²) in [4.78, 5) is 28.7. The summed E-state index contributed by atoms with van der Waals surface area (Å²) in [5, 5.41) is 4.89. The van der Waals surface area contributed by atoms with Crippen LogP contribution in [0.2, 0.25) is 0 Å². The average Bonchev–Trinajstić information content (AvgIpc) is 3.21. The van der Waals surface area contributed by atoms with Gasteiger partial charge in [-0.05, 0) is 50.8 Å². The Morgan fingerprint density at radius 2 is 1.84 bits per heavy atom. The lowest BCUT2D eigenvalue weighted by Gasteiger charge is -2.40. The van der Waals surface area contributed by atoms with Crippen LogP contribution in [0, 0.1) is 26.7 Å². The normalized spacial score (nSPS) is 19.6. The summed E-state index contributed by atoms with van der Waals surface area (Å²) in [7, 11) is 0. The van der Waals surface area contributed by atoms with Gasteiger partial charge in [-0.1, -0.05) is 17.3 Å². The minimum absolute atomic E-state index is 0.0128. The Balaban J connectivity index is 1.26. The lowest BCUT2D eigenvalue weighted by atomic mass is 9.96. The topological polar surface area (TPSA) is 78.6 Å². The molecule has 5 rings (SSSR count). The maximum absolute atomic E-state index is 13.4. The smallest absolute Gasteiger partial charge is 0.263 e. The molecule has 8 nitrogen and oxygen atoms in total. The number of aryl methyl sites for hydroxylation is 3. The summed E-state index contributed by atoms with van der Waals surface area (Å²) in [5.74, 6) is 1.08. The van der Waals surface area contributed by atoms with Gasteiger partial charge in [-0.2, -0.15) is 4.98 Å². The zero-order valence-corrected chi connectivity index (χ0v) is 19.0. The SMILES string of the molecule is Cc1ccc(C)c(N2CCN(C(=O)[C@@H]3CCCN(c4ncnc5onc(C)c45)C3)CC2)c1. The van der Waals surface area contributed by atoms with Crippen molar-refractivity contribution >= 4 is 28.5 Å². The second-order valence-corrected chi connectivity index (χ2v) is 9.03. The van der Waals surface area contributed by atoms with Gasteiger partial charge in [0.1, 0.15) is 17.5 Å². The number of hydrogen-bond acceptors (Lipinski definition) is 7. The first-order valence-electron chi connectivity index (χ1n) is 11.4. The van der Waals surface area contributed by atoms with E-state index in [1.165, 1.54) is 23.1 Å². The average molecular weight is 435 g/mol. The van der Waals surface area contributed by atoms with E-state index in [-0.39, 0.29) is 11.8 Å². The molecule has 1 amide bonds. The van der Waals surface area contributed by atoms with Crippen molar-refractivity contribution in [1.29, 1.82) is 0 Å². The summed E-state index contributed by atoms with van der Waals surface area (Å²) in [6.07, 6.45) is 3.40. The number of aromatic nitrogens is 3. The van der Waals surface area contributed by atoms with E-state index < -0.39 is 0 Å². The van der Waals surface area contributed by atoms with E-state index in [2.05, 4.69) is 61.9 Å². The van der Waals surface area contributed by atoms with Crippen molar-refractivity contribution in [3.05, 3.63) is 41.3 Å². The molecule has 2 aromatic heterocycles. The largest absolute Gasteiger partial charge is 0.368 e. The van der Waals surface area contributed by atoms with E-state index in [1.807, 2.05) is 6.92 Å². The molecule has 2 aliphatic rings. The van der Waals surface area contributed by atoms with Crippen molar-refractivity contribution in [1.82, 2.24) is 20.0 Å². The number of piperazine rings is 1. The van der Waals surface area contributed by atoms with Crippen LogP contribution >= 0.6 is 0 Å². The summed E-state index contributed by atoms with van der Waals surface area (Å²) in [6, 6.07) is 6.58. The number of hydrogen-bond donors (Lipinski definition) is 0. The van der Waals surface area contributed by atoms with Gasteiger partial charge in [0.25, 0.3) is 5.71 Å². The fourth-order valence-corrected chi connectivity index (χ4v) is 5.00. The first kappa shape index (κ1) is 20.7. The second kappa shape index (κ2) is 8.41. The minimum Gasteiger partial charge on any atom is -0.368 e. The van der Waals surface area contributed by atoms with Crippen molar-refractivity contribution < 1.29 is 9.32 Å². The van der Waals surface area contributed by atoms with Gasteiger partial charge in [-0.25, -0.2) is 4.98 Å². The molecule has 8 heteroatoms. The molecule has 4 heterocycles. The monoisotopic (exact) mass is 434 g/mol. The van der Waals surface area contributed by atoms with Crippen LogP contribution in [0.25, 0.3) is 11.1 Å². The molecular weight excluding hydrogens is 404 g/mol. The molecule has 2 saturated heterocycles. The zero-order chi connectivity index (χ0) is 22.2. The van der Waals surface area contributed by atoms with Crippen LogP contribution in [-0.4, -0.2) is 65.2 Å². The number of anilines is 2. The van der Waals surface area contributed by atoms with Gasteiger partial charge >= 0.3 is 0 Å². The van der Waals surface area contributed by atoms with Crippen LogP contribution in [0.1, 0.15) is 29.7 Å². The Morgan fingerprint density at radius 1 is 1.03 bits per heavy atom. The number of rotatable bonds is 3. The Hall–Kier alpha value is -3.16. The van der Waals surface area contributed by atoms with E-state index in [0.29, 0.717) is 12.3 Å². The third kappa shape index (κ3) is 3.78. The van der Waals surface area contributed by atoms with Crippen LogP contribution in [0.4, 0.5) is 11.5 Å². The van der Waals surface area contributed by atoms with Crippen molar-refractivity contribution in [2.24, 2.45) is 5.92 Å². The van der Waals surface area contributed by atoms with Crippen molar-refractivity contribution in [3.8, 4) is 0 Å². The Kier molecular flexibility index (Phi) is 5.45. The molecule has 3 aromatic rings. The Morgan fingerprint density at radius 3 is 2.66 bits per heavy atom. The highest BCUT2D eigenvalue weighted by Crippen LogP contribution is 2.30. The van der Waals surface area contributed by atoms with Crippen LogP contribution in [-0.2, 0) is 4.79 Å². The summed E-state index contributed by atoms with van der Waals surface area (Å²) < 4.78 is 5.30. The molecule has 32 heavy (non-hydrogen) atoms. The number of fused-ring (bicyclic) bond motifs is 1. The number of amides is 1. The Labute approximate surface area is 188 Å². The van der Waals surface area contributed by atoms with E-state index in [1.54, 1.807) is 0 Å². The number of carbonyl (C=O) groups excluding carboxylic acids is 1. The van der Waals surface area contributed by atoms with Crippen LogP contribution in [0.15, 0.2) is 29.0 Å². The summed E-state index contributed by atoms with van der Waals surface area (Å²) >= 11 is 0. The van der Waals surface area contributed by atoms with Gasteiger partial charge in [-0.15, -0.1) is 0 Å². The maximum atomic E-state index is 13.4. The first-order valence-corrected chi connectivity index (χ1v) is 11.4. The van der Waals surface area contributed by atoms with Gasteiger partial charge < -0.3 is 19.2 Å². The van der Waals surface area contributed by atoms with Crippen LogP contribution in [0.5, 0.6) is 0 Å². The lowest BCUT2D eigenvalue weighted by Crippen LogP contribution is -2.52. The number of piperidine rings is 1. The van der Waals surface area contributed by atoms with Gasteiger partial charge in [0.2, 0.25) is 5.91 Å². The Bertz CT molecular complexity index is 1130. The molecular formula is C24H30N6O2. The first-order chi connectivity index (χ1) is 15.5. The fourth-order valence-electron chi connectivity index (χ4n) is 5.00.